The highest BCUT2D eigenvalue weighted by Gasteiger charge is 2.02. The molecule has 0 fully saturated rings. The first-order chi connectivity index (χ1) is 8.67. The summed E-state index contributed by atoms with van der Waals surface area (Å²) in [6.07, 6.45) is 2.81. The van der Waals surface area contributed by atoms with Crippen molar-refractivity contribution in [2.45, 2.75) is 18.5 Å². The molecule has 0 aromatic carbocycles. The molecule has 0 aliphatic carbocycles. The van der Waals surface area contributed by atoms with Crippen LogP contribution in [0.25, 0.3) is 0 Å². The Bertz CT molecular complexity index is 526. The lowest BCUT2D eigenvalue weighted by molar-refractivity contribution is 0.929. The van der Waals surface area contributed by atoms with Gasteiger partial charge in [-0.15, -0.1) is 11.3 Å². The smallest absolute Gasteiger partial charge is 0.191 e. The number of anilines is 2. The summed E-state index contributed by atoms with van der Waals surface area (Å²) in [5, 5.41) is 7.10. The summed E-state index contributed by atoms with van der Waals surface area (Å²) in [6.45, 7) is 2.80. The number of nitrogens with zero attached hydrogens (tertiary/aromatic N) is 3. The van der Waals surface area contributed by atoms with Crippen LogP contribution in [0.15, 0.2) is 16.6 Å². The molecule has 0 radical (unpaired) electrons. The predicted molar refractivity (Wildman–Crippen MR) is 77.3 cm³/mol. The number of nitrogens with one attached hydrogen (secondary N) is 1. The molecule has 3 N–H and O–H groups in total. The van der Waals surface area contributed by atoms with Crippen LogP contribution < -0.4 is 11.1 Å². The Morgan fingerprint density at radius 2 is 2.22 bits per heavy atom. The van der Waals surface area contributed by atoms with Gasteiger partial charge in [-0.1, -0.05) is 11.8 Å². The van der Waals surface area contributed by atoms with Gasteiger partial charge in [-0.2, -0.15) is 0 Å². The molecule has 0 atom stereocenters. The topological polar surface area (TPSA) is 76.7 Å². The fraction of sp³-hybridized carbons (Fsp3) is 0.364. The van der Waals surface area contributed by atoms with Gasteiger partial charge in [0, 0.05) is 24.4 Å². The van der Waals surface area contributed by atoms with Crippen molar-refractivity contribution < 1.29 is 0 Å². The van der Waals surface area contributed by atoms with Gasteiger partial charge in [0.1, 0.15) is 11.6 Å². The van der Waals surface area contributed by atoms with Gasteiger partial charge in [0.15, 0.2) is 5.16 Å². The van der Waals surface area contributed by atoms with E-state index in [1.54, 1.807) is 17.4 Å². The highest BCUT2D eigenvalue weighted by Crippen LogP contribution is 2.15. The minimum atomic E-state index is 0.487. The van der Waals surface area contributed by atoms with E-state index in [9.17, 15) is 0 Å². The zero-order valence-corrected chi connectivity index (χ0v) is 11.9. The van der Waals surface area contributed by atoms with Gasteiger partial charge < -0.3 is 11.1 Å². The largest absolute Gasteiger partial charge is 0.383 e. The van der Waals surface area contributed by atoms with E-state index < -0.39 is 0 Å². The number of aryl methyl sites for hydroxylation is 1. The number of thioether (sulfide) groups is 1. The lowest BCUT2D eigenvalue weighted by atomic mass is 10.3. The Labute approximate surface area is 114 Å². The molecule has 0 bridgehead atoms. The Hall–Kier alpha value is -1.34. The van der Waals surface area contributed by atoms with Gasteiger partial charge in [0.25, 0.3) is 0 Å². The second kappa shape index (κ2) is 6.01. The second-order valence-electron chi connectivity index (χ2n) is 3.70. The first-order valence-electron chi connectivity index (χ1n) is 5.51. The van der Waals surface area contributed by atoms with E-state index in [2.05, 4.69) is 25.6 Å². The molecule has 0 saturated carbocycles. The van der Waals surface area contributed by atoms with Crippen LogP contribution >= 0.6 is 23.1 Å². The van der Waals surface area contributed by atoms with Gasteiger partial charge in [-0.3, -0.25) is 0 Å². The summed E-state index contributed by atoms with van der Waals surface area (Å²) in [5.74, 6) is 1.25. The van der Waals surface area contributed by atoms with Crippen LogP contribution in [0.1, 0.15) is 10.7 Å². The lowest BCUT2D eigenvalue weighted by Gasteiger charge is -2.06. The van der Waals surface area contributed by atoms with Gasteiger partial charge in [-0.05, 0) is 13.2 Å². The van der Waals surface area contributed by atoms with Crippen molar-refractivity contribution in [1.82, 2.24) is 15.0 Å². The first kappa shape index (κ1) is 13.1. The summed E-state index contributed by atoms with van der Waals surface area (Å²) in [5.41, 5.74) is 6.81. The number of hydrogen-bond acceptors (Lipinski definition) is 7. The van der Waals surface area contributed by atoms with Crippen LogP contribution in [-0.2, 0) is 6.42 Å². The maximum Gasteiger partial charge on any atom is 0.191 e. The Kier molecular flexibility index (Phi) is 4.38. The van der Waals surface area contributed by atoms with E-state index in [4.69, 9.17) is 5.73 Å². The Morgan fingerprint density at radius 3 is 2.89 bits per heavy atom. The Morgan fingerprint density at radius 1 is 1.39 bits per heavy atom. The molecule has 0 amide bonds. The van der Waals surface area contributed by atoms with Crippen molar-refractivity contribution in [2.24, 2.45) is 0 Å². The van der Waals surface area contributed by atoms with E-state index in [0.717, 1.165) is 29.5 Å². The van der Waals surface area contributed by atoms with Gasteiger partial charge in [-0.25, -0.2) is 15.0 Å². The highest BCUT2D eigenvalue weighted by molar-refractivity contribution is 7.98. The molecule has 2 rings (SSSR count). The van der Waals surface area contributed by atoms with Crippen LogP contribution in [0, 0.1) is 6.92 Å². The van der Waals surface area contributed by atoms with Crippen molar-refractivity contribution in [3.8, 4) is 0 Å². The van der Waals surface area contributed by atoms with Gasteiger partial charge >= 0.3 is 0 Å². The molecule has 0 aliphatic heterocycles. The van der Waals surface area contributed by atoms with E-state index >= 15 is 0 Å². The first-order valence-corrected chi connectivity index (χ1v) is 7.61. The number of hydrogen-bond donors (Lipinski definition) is 2. The van der Waals surface area contributed by atoms with Gasteiger partial charge in [0.2, 0.25) is 0 Å². The molecule has 2 aromatic rings. The van der Waals surface area contributed by atoms with Crippen molar-refractivity contribution in [3.05, 3.63) is 22.1 Å². The summed E-state index contributed by atoms with van der Waals surface area (Å²) in [7, 11) is 0. The lowest BCUT2D eigenvalue weighted by Crippen LogP contribution is -2.08. The minimum absolute atomic E-state index is 0.487. The third-order valence-electron chi connectivity index (χ3n) is 2.26. The monoisotopic (exact) mass is 281 g/mol. The van der Waals surface area contributed by atoms with Crippen molar-refractivity contribution >= 4 is 34.7 Å². The molecule has 7 heteroatoms. The molecule has 96 valence electrons. The van der Waals surface area contributed by atoms with Crippen molar-refractivity contribution in [3.63, 3.8) is 0 Å². The third-order valence-corrected chi connectivity index (χ3v) is 3.63. The number of rotatable bonds is 5. The molecule has 0 aliphatic rings. The predicted octanol–water partition coefficient (Wildman–Crippen LogP) is 2.20. The molecular weight excluding hydrogens is 266 g/mol. The van der Waals surface area contributed by atoms with Crippen LogP contribution in [0.4, 0.5) is 11.6 Å². The summed E-state index contributed by atoms with van der Waals surface area (Å²) < 4.78 is 0. The van der Waals surface area contributed by atoms with Crippen LogP contribution in [0.3, 0.4) is 0 Å². The molecule has 2 heterocycles. The van der Waals surface area contributed by atoms with Gasteiger partial charge in [0.05, 0.1) is 10.7 Å². The van der Waals surface area contributed by atoms with E-state index in [0.29, 0.717) is 11.0 Å². The fourth-order valence-corrected chi connectivity index (χ4v) is 2.50. The zero-order valence-electron chi connectivity index (χ0n) is 10.3. The van der Waals surface area contributed by atoms with Crippen molar-refractivity contribution in [1.29, 1.82) is 0 Å². The fourth-order valence-electron chi connectivity index (χ4n) is 1.47. The average molecular weight is 281 g/mol. The molecule has 0 unspecified atom stereocenters. The van der Waals surface area contributed by atoms with Crippen LogP contribution in [-0.4, -0.2) is 27.8 Å². The molecule has 18 heavy (non-hydrogen) atoms. The molecule has 0 spiro atoms. The quantitative estimate of drug-likeness (QED) is 0.646. The van der Waals surface area contributed by atoms with E-state index in [1.165, 1.54) is 11.8 Å². The summed E-state index contributed by atoms with van der Waals surface area (Å²) >= 11 is 3.15. The standard InChI is InChI=1S/C11H15N5S2/c1-7-14-8(6-18-7)3-4-13-10-5-9(12)15-11(16-10)17-2/h5-6H,3-4H2,1-2H3,(H3,12,13,15,16). The van der Waals surface area contributed by atoms with Crippen LogP contribution in [0.5, 0.6) is 0 Å². The minimum Gasteiger partial charge on any atom is -0.383 e. The van der Waals surface area contributed by atoms with E-state index in [1.807, 2.05) is 13.2 Å². The van der Waals surface area contributed by atoms with Crippen LogP contribution in [0.2, 0.25) is 0 Å². The highest BCUT2D eigenvalue weighted by atomic mass is 32.2. The molecular formula is C11H15N5S2. The summed E-state index contributed by atoms with van der Waals surface area (Å²) in [4.78, 5) is 12.8. The number of aromatic nitrogens is 3. The second-order valence-corrected chi connectivity index (χ2v) is 5.54. The maximum atomic E-state index is 5.71. The summed E-state index contributed by atoms with van der Waals surface area (Å²) in [6, 6.07) is 1.74. The maximum absolute atomic E-state index is 5.71. The molecule has 0 saturated heterocycles. The normalized spacial score (nSPS) is 10.6. The molecule has 5 nitrogen and oxygen atoms in total. The molecule has 2 aromatic heterocycles. The Balaban J connectivity index is 1.91. The SMILES string of the molecule is CSc1nc(N)cc(NCCc2csc(C)n2)n1. The zero-order chi connectivity index (χ0) is 13.0. The number of thiazole rings is 1. The van der Waals surface area contributed by atoms with E-state index in [-0.39, 0.29) is 0 Å². The average Bonchev–Trinajstić information content (AvgIpc) is 2.74. The third kappa shape index (κ3) is 3.58. The van der Waals surface area contributed by atoms with Crippen molar-refractivity contribution in [2.75, 3.05) is 23.9 Å². The number of nitrogens with two attached hydrogens (primary N) is 1. The number of nitrogen functional groups attached to an aromatic ring is 1.